The van der Waals surface area contributed by atoms with E-state index in [9.17, 15) is 9.59 Å². The molecule has 3 rings (SSSR count). The average molecular weight is 355 g/mol. The number of nitrogens with one attached hydrogen (secondary N) is 1. The molecule has 3 heterocycles. The van der Waals surface area contributed by atoms with E-state index in [2.05, 4.69) is 10.4 Å². The molecule has 8 heteroatoms. The van der Waals surface area contributed by atoms with E-state index >= 15 is 0 Å². The normalized spacial score (nSPS) is 20.5. The number of fused-ring (bicyclic) bond motifs is 1. The van der Waals surface area contributed by atoms with Gasteiger partial charge in [-0.15, -0.1) is 0 Å². The fourth-order valence-corrected chi connectivity index (χ4v) is 3.43. The van der Waals surface area contributed by atoms with Gasteiger partial charge in [0.15, 0.2) is 5.69 Å². The van der Waals surface area contributed by atoms with Crippen molar-refractivity contribution in [3.05, 3.63) is 10.7 Å². The lowest BCUT2D eigenvalue weighted by molar-refractivity contribution is -0.126. The summed E-state index contributed by atoms with van der Waals surface area (Å²) in [6.45, 7) is 6.15. The molecule has 132 valence electrons. The highest BCUT2D eigenvalue weighted by Crippen LogP contribution is 2.32. The third-order valence-corrected chi connectivity index (χ3v) is 4.66. The monoisotopic (exact) mass is 354 g/mol. The molecule has 0 aromatic carbocycles. The number of amides is 2. The van der Waals surface area contributed by atoms with E-state index in [4.69, 9.17) is 16.3 Å². The molecule has 7 nitrogen and oxygen atoms in total. The number of ether oxygens (including phenoxy) is 1. The van der Waals surface area contributed by atoms with E-state index in [0.29, 0.717) is 32.1 Å². The number of carbonyl (C=O) groups excluding carboxylic acids is 2. The van der Waals surface area contributed by atoms with Crippen LogP contribution in [0.5, 0.6) is 5.88 Å². The Morgan fingerprint density at radius 3 is 2.83 bits per heavy atom. The molecule has 0 spiro atoms. The Kier molecular flexibility index (Phi) is 4.99. The molecule has 0 bridgehead atoms. The van der Waals surface area contributed by atoms with Gasteiger partial charge in [-0.05, 0) is 26.7 Å². The van der Waals surface area contributed by atoms with Crippen molar-refractivity contribution in [2.45, 2.75) is 45.7 Å². The van der Waals surface area contributed by atoms with E-state index in [-0.39, 0.29) is 34.5 Å². The maximum Gasteiger partial charge on any atom is 0.276 e. The molecule has 1 aromatic rings. The molecule has 0 radical (unpaired) electrons. The third-order valence-electron chi connectivity index (χ3n) is 4.32. The van der Waals surface area contributed by atoms with Gasteiger partial charge in [0.1, 0.15) is 5.02 Å². The van der Waals surface area contributed by atoms with Crippen molar-refractivity contribution in [3.8, 4) is 5.88 Å². The summed E-state index contributed by atoms with van der Waals surface area (Å²) in [5, 5.41) is 7.50. The Labute approximate surface area is 146 Å². The first-order valence-corrected chi connectivity index (χ1v) is 8.84. The molecular formula is C16H23ClN4O3. The highest BCUT2D eigenvalue weighted by molar-refractivity contribution is 6.34. The third kappa shape index (κ3) is 3.36. The van der Waals surface area contributed by atoms with Gasteiger partial charge in [0.2, 0.25) is 11.8 Å². The van der Waals surface area contributed by atoms with Crippen molar-refractivity contribution in [1.82, 2.24) is 20.0 Å². The standard InChI is InChI=1S/C16H23ClN4O3/c1-10(2)18-14(22)11-5-3-6-20(9-11)15(23)13-12(17)16-21(19-13)7-4-8-24-16/h10-11H,3-9H2,1-2H3,(H,18,22). The van der Waals surface area contributed by atoms with Crippen LogP contribution in [0.1, 0.15) is 43.6 Å². The lowest BCUT2D eigenvalue weighted by atomic mass is 9.96. The summed E-state index contributed by atoms with van der Waals surface area (Å²) in [5.74, 6) is 0.0587. The Morgan fingerprint density at radius 1 is 1.33 bits per heavy atom. The second-order valence-electron chi connectivity index (χ2n) is 6.65. The number of piperidine rings is 1. The van der Waals surface area contributed by atoms with Crippen molar-refractivity contribution in [2.75, 3.05) is 19.7 Å². The minimum Gasteiger partial charge on any atom is -0.477 e. The van der Waals surface area contributed by atoms with E-state index in [1.165, 1.54) is 0 Å². The van der Waals surface area contributed by atoms with Crippen LogP contribution in [0.25, 0.3) is 0 Å². The van der Waals surface area contributed by atoms with Gasteiger partial charge in [0.25, 0.3) is 5.91 Å². The minimum atomic E-state index is -0.229. The molecule has 2 aliphatic rings. The number of likely N-dealkylation sites (tertiary alicyclic amines) is 1. The number of hydrogen-bond acceptors (Lipinski definition) is 4. The van der Waals surface area contributed by atoms with Gasteiger partial charge in [0, 0.05) is 32.1 Å². The van der Waals surface area contributed by atoms with Crippen molar-refractivity contribution < 1.29 is 14.3 Å². The highest BCUT2D eigenvalue weighted by atomic mass is 35.5. The van der Waals surface area contributed by atoms with Crippen LogP contribution < -0.4 is 10.1 Å². The molecular weight excluding hydrogens is 332 g/mol. The quantitative estimate of drug-likeness (QED) is 0.896. The summed E-state index contributed by atoms with van der Waals surface area (Å²) in [6.07, 6.45) is 2.43. The summed E-state index contributed by atoms with van der Waals surface area (Å²) in [5.41, 5.74) is 0.221. The van der Waals surface area contributed by atoms with Crippen LogP contribution in [0.4, 0.5) is 0 Å². The number of aryl methyl sites for hydroxylation is 1. The topological polar surface area (TPSA) is 76.5 Å². The second-order valence-corrected chi connectivity index (χ2v) is 7.02. The summed E-state index contributed by atoms with van der Waals surface area (Å²) >= 11 is 6.29. The fourth-order valence-electron chi connectivity index (χ4n) is 3.16. The lowest BCUT2D eigenvalue weighted by Gasteiger charge is -2.32. The second kappa shape index (κ2) is 7.01. The van der Waals surface area contributed by atoms with Gasteiger partial charge in [-0.2, -0.15) is 5.10 Å². The Bertz CT molecular complexity index is 644. The Morgan fingerprint density at radius 2 is 2.12 bits per heavy atom. The van der Waals surface area contributed by atoms with Gasteiger partial charge < -0.3 is 15.0 Å². The number of hydrogen-bond donors (Lipinski definition) is 1. The summed E-state index contributed by atoms with van der Waals surface area (Å²) in [6, 6.07) is 0.0926. The molecule has 1 unspecified atom stereocenters. The van der Waals surface area contributed by atoms with Gasteiger partial charge in [-0.3, -0.25) is 9.59 Å². The molecule has 1 saturated heterocycles. The summed E-state index contributed by atoms with van der Waals surface area (Å²) in [7, 11) is 0. The van der Waals surface area contributed by atoms with Crippen LogP contribution in [-0.2, 0) is 11.3 Å². The van der Waals surface area contributed by atoms with E-state index in [1.54, 1.807) is 9.58 Å². The molecule has 0 saturated carbocycles. The molecule has 0 aliphatic carbocycles. The predicted octanol–water partition coefficient (Wildman–Crippen LogP) is 1.70. The average Bonchev–Trinajstić information content (AvgIpc) is 2.91. The molecule has 1 fully saturated rings. The van der Waals surface area contributed by atoms with Gasteiger partial charge in [0.05, 0.1) is 12.5 Å². The molecule has 1 aromatic heterocycles. The number of aromatic nitrogens is 2. The van der Waals surface area contributed by atoms with Crippen molar-refractivity contribution in [2.24, 2.45) is 5.92 Å². The Hall–Kier alpha value is -1.76. The first-order valence-electron chi connectivity index (χ1n) is 8.46. The number of rotatable bonds is 3. The lowest BCUT2D eigenvalue weighted by Crippen LogP contribution is -2.46. The van der Waals surface area contributed by atoms with Crippen LogP contribution in [0.2, 0.25) is 5.02 Å². The predicted molar refractivity (Wildman–Crippen MR) is 89.3 cm³/mol. The molecule has 2 aliphatic heterocycles. The first kappa shape index (κ1) is 17.1. The first-order chi connectivity index (χ1) is 11.5. The van der Waals surface area contributed by atoms with E-state index in [0.717, 1.165) is 19.3 Å². The molecule has 1 atom stereocenters. The largest absolute Gasteiger partial charge is 0.477 e. The minimum absolute atomic E-state index is 0.000986. The smallest absolute Gasteiger partial charge is 0.276 e. The SMILES string of the molecule is CC(C)NC(=O)C1CCCN(C(=O)c2nn3c(c2Cl)OCCC3)C1. The number of halogens is 1. The number of nitrogens with zero attached hydrogens (tertiary/aromatic N) is 3. The molecule has 24 heavy (non-hydrogen) atoms. The van der Waals surface area contributed by atoms with Crippen molar-refractivity contribution in [3.63, 3.8) is 0 Å². The van der Waals surface area contributed by atoms with Gasteiger partial charge >= 0.3 is 0 Å². The highest BCUT2D eigenvalue weighted by Gasteiger charge is 2.33. The van der Waals surface area contributed by atoms with Crippen molar-refractivity contribution in [1.29, 1.82) is 0 Å². The van der Waals surface area contributed by atoms with E-state index in [1.807, 2.05) is 13.8 Å². The maximum atomic E-state index is 12.8. The van der Waals surface area contributed by atoms with Crippen molar-refractivity contribution >= 4 is 23.4 Å². The van der Waals surface area contributed by atoms with Crippen LogP contribution in [0, 0.1) is 5.92 Å². The van der Waals surface area contributed by atoms with Gasteiger partial charge in [-0.1, -0.05) is 11.6 Å². The zero-order valence-corrected chi connectivity index (χ0v) is 14.8. The zero-order chi connectivity index (χ0) is 17.3. The Balaban J connectivity index is 1.73. The van der Waals surface area contributed by atoms with Crippen LogP contribution in [0.15, 0.2) is 0 Å². The van der Waals surface area contributed by atoms with Crippen LogP contribution in [0.3, 0.4) is 0 Å². The van der Waals surface area contributed by atoms with Gasteiger partial charge in [-0.25, -0.2) is 4.68 Å². The van der Waals surface area contributed by atoms with Crippen LogP contribution >= 0.6 is 11.6 Å². The van der Waals surface area contributed by atoms with Crippen LogP contribution in [-0.4, -0.2) is 52.2 Å². The number of carbonyl (C=O) groups is 2. The molecule has 2 amide bonds. The zero-order valence-electron chi connectivity index (χ0n) is 14.0. The summed E-state index contributed by atoms with van der Waals surface area (Å²) in [4.78, 5) is 26.7. The maximum absolute atomic E-state index is 12.8. The molecule has 1 N–H and O–H groups in total. The van der Waals surface area contributed by atoms with E-state index < -0.39 is 0 Å². The summed E-state index contributed by atoms with van der Waals surface area (Å²) < 4.78 is 7.15. The fraction of sp³-hybridized carbons (Fsp3) is 0.688.